The molecule has 2 saturated heterocycles. The summed E-state index contributed by atoms with van der Waals surface area (Å²) in [7, 11) is 1.70. The molecule has 150 valence electrons. The molecule has 2 N–H and O–H groups in total. The molecule has 4 atom stereocenters. The largest absolute Gasteiger partial charge is 0.508 e. The smallest absolute Gasteiger partial charge is 0.118 e. The van der Waals surface area contributed by atoms with Crippen molar-refractivity contribution in [2.24, 2.45) is 0 Å². The average molecular weight is 400 g/mol. The highest BCUT2D eigenvalue weighted by molar-refractivity contribution is 8.00. The van der Waals surface area contributed by atoms with Crippen LogP contribution in [-0.4, -0.2) is 45.6 Å². The number of fused-ring (bicyclic) bond motifs is 2. The Morgan fingerprint density at radius 3 is 2.18 bits per heavy atom. The highest BCUT2D eigenvalue weighted by atomic mass is 32.2. The summed E-state index contributed by atoms with van der Waals surface area (Å²) in [5, 5.41) is 21.0. The predicted molar refractivity (Wildman–Crippen MR) is 113 cm³/mol. The normalized spacial score (nSPS) is 26.8. The number of hydrogen-bond donors (Lipinski definition) is 2. The number of aliphatic hydroxyl groups is 1. The van der Waals surface area contributed by atoms with Gasteiger partial charge in [-0.2, -0.15) is 0 Å². The molecular weight excluding hydrogens is 370 g/mol. The van der Waals surface area contributed by atoms with Gasteiger partial charge in [-0.05, 0) is 74.6 Å². The molecule has 0 aromatic heterocycles. The van der Waals surface area contributed by atoms with Crippen molar-refractivity contribution in [3.05, 3.63) is 54.1 Å². The Kier molecular flexibility index (Phi) is 5.85. The summed E-state index contributed by atoms with van der Waals surface area (Å²) in [6, 6.07) is 16.5. The lowest BCUT2D eigenvalue weighted by atomic mass is 9.95. The van der Waals surface area contributed by atoms with E-state index in [9.17, 15) is 10.2 Å². The molecule has 2 aliphatic rings. The Morgan fingerprint density at radius 2 is 1.61 bits per heavy atom. The van der Waals surface area contributed by atoms with Crippen LogP contribution in [0.25, 0.3) is 0 Å². The molecule has 0 spiro atoms. The van der Waals surface area contributed by atoms with Gasteiger partial charge in [0.1, 0.15) is 11.5 Å². The minimum absolute atomic E-state index is 0.0778. The summed E-state index contributed by atoms with van der Waals surface area (Å²) in [6.07, 6.45) is 4.24. The van der Waals surface area contributed by atoms with Crippen LogP contribution < -0.4 is 4.74 Å². The number of phenols is 1. The number of benzene rings is 2. The summed E-state index contributed by atoms with van der Waals surface area (Å²) < 4.78 is 5.26. The maximum absolute atomic E-state index is 10.9. The van der Waals surface area contributed by atoms with Crippen molar-refractivity contribution in [2.45, 2.75) is 67.0 Å². The van der Waals surface area contributed by atoms with Gasteiger partial charge in [-0.15, -0.1) is 11.8 Å². The lowest BCUT2D eigenvalue weighted by Crippen LogP contribution is -2.50. The van der Waals surface area contributed by atoms with Crippen LogP contribution in [0, 0.1) is 0 Å². The van der Waals surface area contributed by atoms with Crippen LogP contribution in [0.15, 0.2) is 53.4 Å². The van der Waals surface area contributed by atoms with Gasteiger partial charge in [-0.25, -0.2) is 0 Å². The number of aliphatic hydroxyl groups excluding tert-OH is 1. The molecule has 0 radical (unpaired) electrons. The van der Waals surface area contributed by atoms with Crippen molar-refractivity contribution >= 4 is 11.8 Å². The molecule has 0 amide bonds. The summed E-state index contributed by atoms with van der Waals surface area (Å²) in [5.74, 6) is 1.14. The number of methoxy groups -OCH3 is 1. The Morgan fingerprint density at radius 1 is 1.00 bits per heavy atom. The summed E-state index contributed by atoms with van der Waals surface area (Å²) in [6.45, 7) is 2.14. The van der Waals surface area contributed by atoms with Gasteiger partial charge in [-0.3, -0.25) is 4.90 Å². The predicted octanol–water partition coefficient (Wildman–Crippen LogP) is 4.61. The fourth-order valence-electron chi connectivity index (χ4n) is 4.88. The number of thioether (sulfide) groups is 1. The molecule has 2 aromatic carbocycles. The zero-order chi connectivity index (χ0) is 19.7. The molecule has 4 rings (SSSR count). The minimum Gasteiger partial charge on any atom is -0.508 e. The Bertz CT molecular complexity index is 765. The number of rotatable bonds is 6. The monoisotopic (exact) mass is 399 g/mol. The second kappa shape index (κ2) is 8.36. The van der Waals surface area contributed by atoms with E-state index >= 15 is 0 Å². The van der Waals surface area contributed by atoms with Gasteiger partial charge in [0.2, 0.25) is 0 Å². The molecule has 2 aromatic rings. The molecule has 2 unspecified atom stereocenters. The van der Waals surface area contributed by atoms with Gasteiger partial charge in [-0.1, -0.05) is 12.1 Å². The fraction of sp³-hybridized carbons (Fsp3) is 0.478. The molecular formula is C23H29NO3S. The lowest BCUT2D eigenvalue weighted by molar-refractivity contribution is 0.0115. The Labute approximate surface area is 171 Å². The van der Waals surface area contributed by atoms with Crippen LogP contribution in [0.3, 0.4) is 0 Å². The van der Waals surface area contributed by atoms with Gasteiger partial charge in [0.05, 0.1) is 13.2 Å². The zero-order valence-corrected chi connectivity index (χ0v) is 17.3. The first kappa shape index (κ1) is 19.6. The van der Waals surface area contributed by atoms with E-state index in [0.717, 1.165) is 11.3 Å². The van der Waals surface area contributed by atoms with Crippen molar-refractivity contribution in [3.63, 3.8) is 0 Å². The van der Waals surface area contributed by atoms with Gasteiger partial charge in [0, 0.05) is 28.3 Å². The fourth-order valence-corrected chi connectivity index (χ4v) is 6.20. The molecule has 2 aliphatic heterocycles. The molecule has 28 heavy (non-hydrogen) atoms. The summed E-state index contributed by atoms with van der Waals surface area (Å²) >= 11 is 1.98. The first-order chi connectivity index (χ1) is 13.5. The maximum atomic E-state index is 10.9. The van der Waals surface area contributed by atoms with Crippen molar-refractivity contribution in [3.8, 4) is 11.5 Å². The van der Waals surface area contributed by atoms with Crippen LogP contribution in [-0.2, 0) is 0 Å². The number of hydrogen-bond acceptors (Lipinski definition) is 5. The molecule has 2 fully saturated rings. The second-order valence-electron chi connectivity index (χ2n) is 8.00. The molecule has 4 nitrogen and oxygen atoms in total. The minimum atomic E-state index is -0.533. The number of piperidine rings is 1. The van der Waals surface area contributed by atoms with Crippen LogP contribution in [0.4, 0.5) is 0 Å². The lowest BCUT2D eigenvalue weighted by Gasteiger charge is -2.43. The van der Waals surface area contributed by atoms with E-state index in [1.54, 1.807) is 19.2 Å². The van der Waals surface area contributed by atoms with Gasteiger partial charge >= 0.3 is 0 Å². The van der Waals surface area contributed by atoms with E-state index < -0.39 is 6.10 Å². The van der Waals surface area contributed by atoms with Crippen molar-refractivity contribution in [1.82, 2.24) is 4.90 Å². The van der Waals surface area contributed by atoms with Crippen LogP contribution in [0.2, 0.25) is 0 Å². The molecule has 2 heterocycles. The van der Waals surface area contributed by atoms with Crippen molar-refractivity contribution in [2.75, 3.05) is 7.11 Å². The number of phenolic OH excluding ortho intramolecular Hbond substituents is 1. The van der Waals surface area contributed by atoms with Crippen LogP contribution in [0.1, 0.15) is 44.3 Å². The third kappa shape index (κ3) is 4.02. The van der Waals surface area contributed by atoms with E-state index in [-0.39, 0.29) is 11.8 Å². The topological polar surface area (TPSA) is 52.9 Å². The third-order valence-electron chi connectivity index (χ3n) is 6.27. The quantitative estimate of drug-likeness (QED) is 0.743. The highest BCUT2D eigenvalue weighted by Crippen LogP contribution is 2.44. The molecule has 5 heteroatoms. The number of ether oxygens (including phenoxy) is 1. The maximum Gasteiger partial charge on any atom is 0.118 e. The van der Waals surface area contributed by atoms with E-state index in [2.05, 4.69) is 24.0 Å². The standard InChI is InChI=1S/C23H29NO3S/c1-15(23(26)16-3-7-19(25)8-4-16)24-17-5-6-18(24)14-22(13-17)28-21-11-9-20(27-2)10-12-21/h3-4,7-12,15,17-18,22-23,25-26H,5-6,13-14H2,1-2H3/t15-,17?,18?,22?,23-/m0/s1. The van der Waals surface area contributed by atoms with E-state index in [1.807, 2.05) is 36.0 Å². The first-order valence-electron chi connectivity index (χ1n) is 10.1. The Hall–Kier alpha value is -1.69. The van der Waals surface area contributed by atoms with Crippen LogP contribution >= 0.6 is 11.8 Å². The third-order valence-corrected chi connectivity index (χ3v) is 7.53. The second-order valence-corrected chi connectivity index (χ2v) is 9.37. The van der Waals surface area contributed by atoms with Gasteiger partial charge in [0.15, 0.2) is 0 Å². The average Bonchev–Trinajstić information content (AvgIpc) is 2.98. The van der Waals surface area contributed by atoms with Gasteiger partial charge < -0.3 is 14.9 Å². The van der Waals surface area contributed by atoms with E-state index in [0.29, 0.717) is 17.3 Å². The SMILES string of the molecule is COc1ccc(SC2CC3CCC(C2)N3[C@@H](C)[C@H](O)c2ccc(O)cc2)cc1. The zero-order valence-electron chi connectivity index (χ0n) is 16.5. The van der Waals surface area contributed by atoms with Crippen molar-refractivity contribution < 1.29 is 14.9 Å². The molecule has 0 aliphatic carbocycles. The Balaban J connectivity index is 1.41. The van der Waals surface area contributed by atoms with Crippen LogP contribution in [0.5, 0.6) is 11.5 Å². The number of nitrogens with zero attached hydrogens (tertiary/aromatic N) is 1. The summed E-state index contributed by atoms with van der Waals surface area (Å²) in [5.41, 5.74) is 0.874. The van der Waals surface area contributed by atoms with Crippen molar-refractivity contribution in [1.29, 1.82) is 0 Å². The number of aromatic hydroxyl groups is 1. The summed E-state index contributed by atoms with van der Waals surface area (Å²) in [4.78, 5) is 3.86. The highest BCUT2D eigenvalue weighted by Gasteiger charge is 2.44. The molecule has 2 bridgehead atoms. The molecule has 0 saturated carbocycles. The first-order valence-corrected chi connectivity index (χ1v) is 11.0. The van der Waals surface area contributed by atoms with Gasteiger partial charge in [0.25, 0.3) is 0 Å². The van der Waals surface area contributed by atoms with E-state index in [4.69, 9.17) is 4.74 Å². The van der Waals surface area contributed by atoms with E-state index in [1.165, 1.54) is 30.6 Å².